The van der Waals surface area contributed by atoms with Gasteiger partial charge >= 0.3 is 0 Å². The van der Waals surface area contributed by atoms with Crippen LogP contribution in [-0.2, 0) is 4.79 Å². The molecule has 1 aromatic heterocycles. The van der Waals surface area contributed by atoms with Crippen molar-refractivity contribution >= 4 is 40.6 Å². The SMILES string of the molecule is Cc1ccc(Cl)cc1-c1ccc(/C=C2/SC(=O)N(CC3CCCCC3)C2=O)o1. The summed E-state index contributed by atoms with van der Waals surface area (Å²) in [6.07, 6.45) is 7.49. The summed E-state index contributed by atoms with van der Waals surface area (Å²) in [6.45, 7) is 2.53. The molecule has 1 saturated heterocycles. The van der Waals surface area contributed by atoms with E-state index in [9.17, 15) is 9.59 Å². The van der Waals surface area contributed by atoms with Gasteiger partial charge < -0.3 is 4.42 Å². The molecular weight excluding hydrogens is 394 g/mol. The lowest BCUT2D eigenvalue weighted by Gasteiger charge is -2.25. The third-order valence-electron chi connectivity index (χ3n) is 5.40. The lowest BCUT2D eigenvalue weighted by atomic mass is 9.89. The molecular formula is C22H22ClNO3S. The van der Waals surface area contributed by atoms with Crippen molar-refractivity contribution in [2.75, 3.05) is 6.54 Å². The van der Waals surface area contributed by atoms with E-state index in [1.807, 2.05) is 37.3 Å². The average Bonchev–Trinajstić information content (AvgIpc) is 3.25. The molecule has 1 aromatic carbocycles. The van der Waals surface area contributed by atoms with Gasteiger partial charge in [-0.15, -0.1) is 0 Å². The molecule has 0 radical (unpaired) electrons. The smallest absolute Gasteiger partial charge is 0.293 e. The van der Waals surface area contributed by atoms with E-state index in [0.717, 1.165) is 35.7 Å². The molecule has 28 heavy (non-hydrogen) atoms. The number of aryl methyl sites for hydroxylation is 1. The summed E-state index contributed by atoms with van der Waals surface area (Å²) < 4.78 is 5.91. The molecule has 0 spiro atoms. The second kappa shape index (κ2) is 8.18. The molecule has 2 heterocycles. The van der Waals surface area contributed by atoms with Gasteiger partial charge in [-0.1, -0.05) is 36.9 Å². The van der Waals surface area contributed by atoms with E-state index in [1.165, 1.54) is 24.2 Å². The molecule has 0 bridgehead atoms. The van der Waals surface area contributed by atoms with Crippen molar-refractivity contribution in [3.63, 3.8) is 0 Å². The number of nitrogens with zero attached hydrogens (tertiary/aromatic N) is 1. The van der Waals surface area contributed by atoms with Crippen molar-refractivity contribution in [3.8, 4) is 11.3 Å². The van der Waals surface area contributed by atoms with Gasteiger partial charge in [0.05, 0.1) is 4.91 Å². The van der Waals surface area contributed by atoms with Gasteiger partial charge in [-0.2, -0.15) is 0 Å². The minimum atomic E-state index is -0.211. The lowest BCUT2D eigenvalue weighted by Crippen LogP contribution is -2.34. The molecule has 2 amide bonds. The number of hydrogen-bond donors (Lipinski definition) is 0. The highest BCUT2D eigenvalue weighted by Gasteiger charge is 2.36. The Kier molecular flexibility index (Phi) is 5.65. The maximum atomic E-state index is 12.7. The lowest BCUT2D eigenvalue weighted by molar-refractivity contribution is -0.123. The van der Waals surface area contributed by atoms with Crippen molar-refractivity contribution < 1.29 is 14.0 Å². The zero-order valence-electron chi connectivity index (χ0n) is 15.7. The standard InChI is InChI=1S/C22H22ClNO3S/c1-14-7-8-16(23)11-18(14)19-10-9-17(27-19)12-20-21(25)24(22(26)28-20)13-15-5-3-2-4-6-15/h7-12,15H,2-6,13H2,1H3/b20-12+. The van der Waals surface area contributed by atoms with Crippen LogP contribution in [-0.4, -0.2) is 22.6 Å². The molecule has 4 rings (SSSR count). The number of carbonyl (C=O) groups excluding carboxylic acids is 2. The number of rotatable bonds is 4. The van der Waals surface area contributed by atoms with Gasteiger partial charge in [-0.25, -0.2) is 0 Å². The fraction of sp³-hybridized carbons (Fsp3) is 0.364. The first kappa shape index (κ1) is 19.3. The van der Waals surface area contributed by atoms with E-state index in [2.05, 4.69) is 0 Å². The largest absolute Gasteiger partial charge is 0.457 e. The van der Waals surface area contributed by atoms with E-state index in [4.69, 9.17) is 16.0 Å². The monoisotopic (exact) mass is 415 g/mol. The summed E-state index contributed by atoms with van der Waals surface area (Å²) in [5.41, 5.74) is 1.97. The highest BCUT2D eigenvalue weighted by Crippen LogP contribution is 2.36. The zero-order valence-corrected chi connectivity index (χ0v) is 17.3. The van der Waals surface area contributed by atoms with Gasteiger partial charge in [0.2, 0.25) is 0 Å². The van der Waals surface area contributed by atoms with Crippen molar-refractivity contribution in [3.05, 3.63) is 51.6 Å². The first-order valence-electron chi connectivity index (χ1n) is 9.63. The molecule has 1 saturated carbocycles. The molecule has 6 heteroatoms. The van der Waals surface area contributed by atoms with Gasteiger partial charge in [0.25, 0.3) is 11.1 Å². The summed E-state index contributed by atoms with van der Waals surface area (Å²) in [4.78, 5) is 26.9. The van der Waals surface area contributed by atoms with Gasteiger partial charge in [0, 0.05) is 23.2 Å². The summed E-state index contributed by atoms with van der Waals surface area (Å²) in [7, 11) is 0. The van der Waals surface area contributed by atoms with Crippen LogP contribution in [0.25, 0.3) is 17.4 Å². The Morgan fingerprint density at radius 1 is 1.18 bits per heavy atom. The Labute approximate surface area is 173 Å². The van der Waals surface area contributed by atoms with Gasteiger partial charge in [-0.05, 0) is 67.3 Å². The van der Waals surface area contributed by atoms with Gasteiger partial charge in [0.15, 0.2) is 0 Å². The van der Waals surface area contributed by atoms with E-state index in [1.54, 1.807) is 6.08 Å². The van der Waals surface area contributed by atoms with E-state index >= 15 is 0 Å². The predicted octanol–water partition coefficient (Wildman–Crippen LogP) is 6.53. The first-order chi connectivity index (χ1) is 13.5. The molecule has 2 aromatic rings. The number of carbonyl (C=O) groups is 2. The highest BCUT2D eigenvalue weighted by atomic mass is 35.5. The first-order valence-corrected chi connectivity index (χ1v) is 10.8. The summed E-state index contributed by atoms with van der Waals surface area (Å²) in [6, 6.07) is 9.31. The molecule has 1 aliphatic carbocycles. The summed E-state index contributed by atoms with van der Waals surface area (Å²) in [5.74, 6) is 1.46. The Morgan fingerprint density at radius 2 is 1.96 bits per heavy atom. The minimum Gasteiger partial charge on any atom is -0.457 e. The number of hydrogen-bond acceptors (Lipinski definition) is 4. The van der Waals surface area contributed by atoms with E-state index in [0.29, 0.717) is 33.9 Å². The zero-order chi connectivity index (χ0) is 19.7. The predicted molar refractivity (Wildman–Crippen MR) is 113 cm³/mol. The third-order valence-corrected chi connectivity index (χ3v) is 6.55. The van der Waals surface area contributed by atoms with Crippen molar-refractivity contribution in [2.45, 2.75) is 39.0 Å². The molecule has 1 aliphatic heterocycles. The number of benzene rings is 1. The molecule has 0 atom stereocenters. The van der Waals surface area contributed by atoms with Crippen LogP contribution in [0.1, 0.15) is 43.4 Å². The van der Waals surface area contributed by atoms with Crippen LogP contribution in [0.2, 0.25) is 5.02 Å². The number of thioether (sulfide) groups is 1. The molecule has 0 unspecified atom stereocenters. The number of amides is 2. The van der Waals surface area contributed by atoms with Crippen molar-refractivity contribution in [1.82, 2.24) is 4.90 Å². The molecule has 146 valence electrons. The molecule has 2 aliphatic rings. The van der Waals surface area contributed by atoms with Crippen LogP contribution in [0.15, 0.2) is 39.7 Å². The van der Waals surface area contributed by atoms with Crippen LogP contribution < -0.4 is 0 Å². The topological polar surface area (TPSA) is 50.5 Å². The summed E-state index contributed by atoms with van der Waals surface area (Å²) >= 11 is 7.09. The molecule has 2 fully saturated rings. The Balaban J connectivity index is 1.51. The average molecular weight is 416 g/mol. The van der Waals surface area contributed by atoms with Crippen molar-refractivity contribution in [1.29, 1.82) is 0 Å². The number of imide groups is 1. The second-order valence-electron chi connectivity index (χ2n) is 7.46. The fourth-order valence-electron chi connectivity index (χ4n) is 3.85. The maximum Gasteiger partial charge on any atom is 0.293 e. The van der Waals surface area contributed by atoms with E-state index < -0.39 is 0 Å². The number of furan rings is 1. The molecule has 4 nitrogen and oxygen atoms in total. The normalized spacial score (nSPS) is 19.8. The van der Waals surface area contributed by atoms with Crippen LogP contribution in [0.4, 0.5) is 4.79 Å². The maximum absolute atomic E-state index is 12.7. The fourth-order valence-corrected chi connectivity index (χ4v) is 4.85. The quantitative estimate of drug-likeness (QED) is 0.533. The van der Waals surface area contributed by atoms with Crippen LogP contribution in [0, 0.1) is 12.8 Å². The van der Waals surface area contributed by atoms with Gasteiger partial charge in [-0.3, -0.25) is 14.5 Å². The second-order valence-corrected chi connectivity index (χ2v) is 8.89. The van der Waals surface area contributed by atoms with Crippen LogP contribution >= 0.6 is 23.4 Å². The van der Waals surface area contributed by atoms with Crippen molar-refractivity contribution in [2.24, 2.45) is 5.92 Å². The summed E-state index contributed by atoms with van der Waals surface area (Å²) in [5, 5.41) is 0.460. The Morgan fingerprint density at radius 3 is 2.75 bits per heavy atom. The third kappa shape index (κ3) is 4.06. The highest BCUT2D eigenvalue weighted by molar-refractivity contribution is 8.18. The Hall–Kier alpha value is -1.98. The molecule has 0 N–H and O–H groups in total. The Bertz CT molecular complexity index is 943. The van der Waals surface area contributed by atoms with E-state index in [-0.39, 0.29) is 11.1 Å². The number of halogens is 1. The minimum absolute atomic E-state index is 0.181. The van der Waals surface area contributed by atoms with Crippen LogP contribution in [0.5, 0.6) is 0 Å². The van der Waals surface area contributed by atoms with Crippen LogP contribution in [0.3, 0.4) is 0 Å². The van der Waals surface area contributed by atoms with Gasteiger partial charge in [0.1, 0.15) is 11.5 Å².